The molecule has 2 atom stereocenters. The average molecular weight is 217 g/mol. The van der Waals surface area contributed by atoms with E-state index in [9.17, 15) is 0 Å². The van der Waals surface area contributed by atoms with E-state index in [-0.39, 0.29) is 0 Å². The first-order chi connectivity index (χ1) is 7.66. The molecule has 1 aromatic rings. The zero-order chi connectivity index (χ0) is 11.5. The molecule has 0 spiro atoms. The number of hydrogen-bond donors (Lipinski definition) is 1. The van der Waals surface area contributed by atoms with Gasteiger partial charge in [-0.1, -0.05) is 25.1 Å². The molecule has 1 N–H and O–H groups in total. The van der Waals surface area contributed by atoms with Gasteiger partial charge < -0.3 is 5.32 Å². The number of benzene rings is 1. The highest BCUT2D eigenvalue weighted by molar-refractivity contribution is 5.34. The van der Waals surface area contributed by atoms with Crippen LogP contribution < -0.4 is 5.32 Å². The highest BCUT2D eigenvalue weighted by Crippen LogP contribution is 2.21. The Hall–Kier alpha value is -0.820. The molecule has 1 aliphatic heterocycles. The lowest BCUT2D eigenvalue weighted by Gasteiger charge is -2.29. The molecule has 1 heterocycles. The Balaban J connectivity index is 2.08. The topological polar surface area (TPSA) is 12.0 Å². The van der Waals surface area contributed by atoms with E-state index < -0.39 is 0 Å². The van der Waals surface area contributed by atoms with Gasteiger partial charge in [-0.2, -0.15) is 0 Å². The Morgan fingerprint density at radius 3 is 2.56 bits per heavy atom. The van der Waals surface area contributed by atoms with Crippen molar-refractivity contribution in [3.8, 4) is 0 Å². The molecule has 16 heavy (non-hydrogen) atoms. The predicted molar refractivity (Wildman–Crippen MR) is 69.8 cm³/mol. The van der Waals surface area contributed by atoms with E-state index in [1.54, 1.807) is 5.56 Å². The van der Waals surface area contributed by atoms with Gasteiger partial charge in [0.05, 0.1) is 0 Å². The molecule has 0 saturated carbocycles. The Morgan fingerprint density at radius 2 is 1.94 bits per heavy atom. The number of rotatable bonds is 2. The molecule has 0 bridgehead atoms. The summed E-state index contributed by atoms with van der Waals surface area (Å²) in [7, 11) is 0. The zero-order valence-corrected chi connectivity index (χ0v) is 10.7. The molecule has 2 unspecified atom stereocenters. The lowest BCUT2D eigenvalue weighted by Crippen LogP contribution is -2.39. The maximum atomic E-state index is 3.65. The first-order valence-corrected chi connectivity index (χ1v) is 6.45. The monoisotopic (exact) mass is 217 g/mol. The smallest absolute Gasteiger partial charge is 0.0110 e. The summed E-state index contributed by atoms with van der Waals surface area (Å²) >= 11 is 0. The van der Waals surface area contributed by atoms with E-state index in [4.69, 9.17) is 0 Å². The summed E-state index contributed by atoms with van der Waals surface area (Å²) in [6, 6.07) is 7.30. The van der Waals surface area contributed by atoms with Crippen molar-refractivity contribution < 1.29 is 0 Å². The fourth-order valence-corrected chi connectivity index (χ4v) is 2.79. The van der Waals surface area contributed by atoms with Crippen LogP contribution in [0.2, 0.25) is 0 Å². The molecule has 1 aromatic carbocycles. The van der Waals surface area contributed by atoms with Crippen LogP contribution in [0.1, 0.15) is 36.5 Å². The SMILES string of the molecule is Cc1cccc(C)c1CC1CC(C)CCN1. The van der Waals surface area contributed by atoms with Gasteiger partial charge in [0.15, 0.2) is 0 Å². The lowest BCUT2D eigenvalue weighted by atomic mass is 9.88. The van der Waals surface area contributed by atoms with Crippen molar-refractivity contribution in [1.29, 1.82) is 0 Å². The van der Waals surface area contributed by atoms with Crippen LogP contribution in [0.5, 0.6) is 0 Å². The Morgan fingerprint density at radius 1 is 1.25 bits per heavy atom. The number of nitrogens with one attached hydrogen (secondary N) is 1. The van der Waals surface area contributed by atoms with Gasteiger partial charge in [0.2, 0.25) is 0 Å². The highest BCUT2D eigenvalue weighted by Gasteiger charge is 2.19. The van der Waals surface area contributed by atoms with E-state index in [0.29, 0.717) is 6.04 Å². The van der Waals surface area contributed by atoms with Crippen LogP contribution in [-0.4, -0.2) is 12.6 Å². The van der Waals surface area contributed by atoms with Crippen molar-refractivity contribution in [2.24, 2.45) is 5.92 Å². The number of hydrogen-bond acceptors (Lipinski definition) is 1. The molecule has 1 nitrogen and oxygen atoms in total. The summed E-state index contributed by atoms with van der Waals surface area (Å²) in [5, 5.41) is 3.65. The van der Waals surface area contributed by atoms with Crippen molar-refractivity contribution >= 4 is 0 Å². The molecule has 0 amide bonds. The quantitative estimate of drug-likeness (QED) is 0.802. The minimum absolute atomic E-state index is 0.684. The third-order valence-corrected chi connectivity index (χ3v) is 3.85. The van der Waals surface area contributed by atoms with Gasteiger partial charge in [0.1, 0.15) is 0 Å². The second kappa shape index (κ2) is 5.01. The van der Waals surface area contributed by atoms with E-state index in [1.165, 1.54) is 36.9 Å². The molecule has 0 radical (unpaired) electrons. The molecule has 2 rings (SSSR count). The van der Waals surface area contributed by atoms with Crippen LogP contribution in [0.25, 0.3) is 0 Å². The van der Waals surface area contributed by atoms with Crippen molar-refractivity contribution in [3.05, 3.63) is 34.9 Å². The van der Waals surface area contributed by atoms with Gasteiger partial charge in [-0.05, 0) is 62.3 Å². The van der Waals surface area contributed by atoms with Gasteiger partial charge >= 0.3 is 0 Å². The van der Waals surface area contributed by atoms with E-state index >= 15 is 0 Å². The molecule has 88 valence electrons. The van der Waals surface area contributed by atoms with Crippen LogP contribution in [0.3, 0.4) is 0 Å². The third-order valence-electron chi connectivity index (χ3n) is 3.85. The van der Waals surface area contributed by atoms with Crippen molar-refractivity contribution in [1.82, 2.24) is 5.32 Å². The van der Waals surface area contributed by atoms with Crippen LogP contribution in [0, 0.1) is 19.8 Å². The van der Waals surface area contributed by atoms with E-state index in [1.807, 2.05) is 0 Å². The van der Waals surface area contributed by atoms with Crippen molar-refractivity contribution in [2.45, 2.75) is 46.1 Å². The maximum absolute atomic E-state index is 3.65. The molecule has 1 saturated heterocycles. The second-order valence-electron chi connectivity index (χ2n) is 5.36. The zero-order valence-electron chi connectivity index (χ0n) is 10.7. The summed E-state index contributed by atoms with van der Waals surface area (Å²) in [5.41, 5.74) is 4.44. The van der Waals surface area contributed by atoms with Crippen LogP contribution in [0.15, 0.2) is 18.2 Å². The number of piperidine rings is 1. The molecule has 0 aromatic heterocycles. The van der Waals surface area contributed by atoms with Gasteiger partial charge in [-0.3, -0.25) is 0 Å². The minimum Gasteiger partial charge on any atom is -0.314 e. The number of aryl methyl sites for hydroxylation is 2. The fraction of sp³-hybridized carbons (Fsp3) is 0.600. The molecular weight excluding hydrogens is 194 g/mol. The standard InChI is InChI=1S/C15H23N/c1-11-7-8-16-14(9-11)10-15-12(2)5-4-6-13(15)3/h4-6,11,14,16H,7-10H2,1-3H3. The van der Waals surface area contributed by atoms with Crippen LogP contribution in [0.4, 0.5) is 0 Å². The average Bonchev–Trinajstić information content (AvgIpc) is 2.24. The van der Waals surface area contributed by atoms with Gasteiger partial charge in [-0.25, -0.2) is 0 Å². The lowest BCUT2D eigenvalue weighted by molar-refractivity contribution is 0.318. The van der Waals surface area contributed by atoms with E-state index in [2.05, 4.69) is 44.3 Å². The molecule has 0 aliphatic carbocycles. The van der Waals surface area contributed by atoms with Gasteiger partial charge in [0, 0.05) is 6.04 Å². The third kappa shape index (κ3) is 2.65. The van der Waals surface area contributed by atoms with Crippen LogP contribution in [-0.2, 0) is 6.42 Å². The Bertz CT molecular complexity index is 336. The van der Waals surface area contributed by atoms with Crippen LogP contribution >= 0.6 is 0 Å². The molecule has 1 fully saturated rings. The van der Waals surface area contributed by atoms with Crippen molar-refractivity contribution in [2.75, 3.05) is 6.54 Å². The summed E-state index contributed by atoms with van der Waals surface area (Å²) < 4.78 is 0. The first kappa shape index (κ1) is 11.7. The van der Waals surface area contributed by atoms with Gasteiger partial charge in [0.25, 0.3) is 0 Å². The second-order valence-corrected chi connectivity index (χ2v) is 5.36. The summed E-state index contributed by atoms with van der Waals surface area (Å²) in [6.45, 7) is 8.03. The molecular formula is C15H23N. The first-order valence-electron chi connectivity index (χ1n) is 6.45. The maximum Gasteiger partial charge on any atom is 0.0110 e. The summed E-state index contributed by atoms with van der Waals surface area (Å²) in [4.78, 5) is 0. The van der Waals surface area contributed by atoms with Crippen molar-refractivity contribution in [3.63, 3.8) is 0 Å². The molecule has 1 heteroatoms. The van der Waals surface area contributed by atoms with Gasteiger partial charge in [-0.15, -0.1) is 0 Å². The van der Waals surface area contributed by atoms with E-state index in [0.717, 1.165) is 5.92 Å². The summed E-state index contributed by atoms with van der Waals surface area (Å²) in [6.07, 6.45) is 3.86. The molecule has 1 aliphatic rings. The Kier molecular flexibility index (Phi) is 3.65. The largest absolute Gasteiger partial charge is 0.314 e. The Labute approximate surface area is 99.3 Å². The summed E-state index contributed by atoms with van der Waals surface area (Å²) in [5.74, 6) is 0.885. The predicted octanol–water partition coefficient (Wildman–Crippen LogP) is 3.23. The fourth-order valence-electron chi connectivity index (χ4n) is 2.79. The normalized spacial score (nSPS) is 25.7. The minimum atomic E-state index is 0.684. The highest BCUT2D eigenvalue weighted by atomic mass is 14.9.